The highest BCUT2D eigenvalue weighted by molar-refractivity contribution is 6.07. The largest absolute Gasteiger partial charge is 0.491 e. The number of aromatic nitrogens is 1. The average Bonchev–Trinajstić information content (AvgIpc) is 3.51. The summed E-state index contributed by atoms with van der Waals surface area (Å²) in [5.41, 5.74) is 7.36. The fourth-order valence-electron chi connectivity index (χ4n) is 6.98. The van der Waals surface area contributed by atoms with Crippen molar-refractivity contribution in [3.63, 3.8) is 0 Å². The zero-order chi connectivity index (χ0) is 29.0. The minimum Gasteiger partial charge on any atom is -0.491 e. The first-order chi connectivity index (χ1) is 20.3. The summed E-state index contributed by atoms with van der Waals surface area (Å²) in [6, 6.07) is 19.5. The van der Waals surface area contributed by atoms with Crippen LogP contribution < -0.4 is 10.1 Å². The molecule has 1 aliphatic carbocycles. The molecule has 2 N–H and O–H groups in total. The van der Waals surface area contributed by atoms with E-state index in [0.29, 0.717) is 30.2 Å². The summed E-state index contributed by atoms with van der Waals surface area (Å²) in [6.07, 6.45) is 6.72. The molecule has 0 spiro atoms. The zero-order valence-electron chi connectivity index (χ0n) is 24.1. The number of benzene rings is 3. The van der Waals surface area contributed by atoms with Crippen molar-refractivity contribution in [3.8, 4) is 17.0 Å². The van der Waals surface area contributed by atoms with Gasteiger partial charge in [-0.2, -0.15) is 0 Å². The highest BCUT2D eigenvalue weighted by Crippen LogP contribution is 2.47. The Kier molecular flexibility index (Phi) is 6.41. The van der Waals surface area contributed by atoms with Gasteiger partial charge in [0.05, 0.1) is 29.0 Å². The average molecular weight is 562 g/mol. The quantitative estimate of drug-likeness (QED) is 0.268. The molecule has 1 fully saturated rings. The van der Waals surface area contributed by atoms with Crippen LogP contribution in [0.15, 0.2) is 65.7 Å². The number of amides is 1. The molecule has 3 heterocycles. The van der Waals surface area contributed by atoms with Gasteiger partial charge in [0.2, 0.25) is 0 Å². The van der Waals surface area contributed by atoms with E-state index in [4.69, 9.17) is 9.73 Å². The number of hydrogen-bond donors (Lipinski definition) is 2. The normalized spacial score (nSPS) is 16.6. The van der Waals surface area contributed by atoms with Gasteiger partial charge in [-0.05, 0) is 80.1 Å². The van der Waals surface area contributed by atoms with Crippen LogP contribution in [0.2, 0.25) is 0 Å². The van der Waals surface area contributed by atoms with Crippen molar-refractivity contribution in [1.29, 1.82) is 0 Å². The van der Waals surface area contributed by atoms with Crippen LogP contribution in [0, 0.1) is 0 Å². The molecule has 2 aliphatic heterocycles. The number of carboxylic acids is 1. The first kappa shape index (κ1) is 26.5. The molecular weight excluding hydrogens is 526 g/mol. The van der Waals surface area contributed by atoms with Gasteiger partial charge < -0.3 is 19.7 Å². The number of nitrogens with zero attached hydrogens (tertiary/aromatic N) is 2. The summed E-state index contributed by atoms with van der Waals surface area (Å²) >= 11 is 0. The number of aliphatic imine (C=N–C) groups is 1. The van der Waals surface area contributed by atoms with E-state index >= 15 is 0 Å². The number of ether oxygens (including phenoxy) is 1. The molecule has 1 aromatic heterocycles. The van der Waals surface area contributed by atoms with Crippen LogP contribution in [0.25, 0.3) is 22.2 Å². The van der Waals surface area contributed by atoms with Crippen molar-refractivity contribution >= 4 is 34.2 Å². The number of rotatable bonds is 5. The van der Waals surface area contributed by atoms with Gasteiger partial charge in [-0.1, -0.05) is 43.5 Å². The molecular formula is C35H35N3O4. The van der Waals surface area contributed by atoms with Gasteiger partial charge in [-0.3, -0.25) is 9.79 Å². The molecule has 3 aromatic carbocycles. The summed E-state index contributed by atoms with van der Waals surface area (Å²) in [7, 11) is 0. The van der Waals surface area contributed by atoms with Crippen LogP contribution in [0.1, 0.15) is 83.7 Å². The third kappa shape index (κ3) is 4.48. The van der Waals surface area contributed by atoms with E-state index in [0.717, 1.165) is 34.6 Å². The summed E-state index contributed by atoms with van der Waals surface area (Å²) < 4.78 is 8.55. The molecule has 0 atom stereocenters. The molecule has 4 aromatic rings. The number of carbonyl (C=O) groups is 2. The Hall–Kier alpha value is -4.39. The van der Waals surface area contributed by atoms with Gasteiger partial charge >= 0.3 is 5.97 Å². The predicted octanol–water partition coefficient (Wildman–Crippen LogP) is 7.28. The molecule has 7 nitrogen and oxygen atoms in total. The van der Waals surface area contributed by atoms with Crippen molar-refractivity contribution in [3.05, 3.63) is 82.9 Å². The molecule has 0 unspecified atom stereocenters. The fourth-order valence-corrected chi connectivity index (χ4v) is 6.98. The van der Waals surface area contributed by atoms with Gasteiger partial charge in [0.25, 0.3) is 5.91 Å². The minimum absolute atomic E-state index is 0.160. The van der Waals surface area contributed by atoms with E-state index in [2.05, 4.69) is 34.1 Å². The second-order valence-electron chi connectivity index (χ2n) is 12.3. The summed E-state index contributed by atoms with van der Waals surface area (Å²) in [5, 5.41) is 13.8. The number of carbonyl (C=O) groups excluding carboxylic acids is 1. The molecule has 0 radical (unpaired) electrons. The standard InChI is InChI=1S/C35H35N3O4/c1-35(2,30-20-22-12-13-24(34(40)41)18-27(22)36-30)37-33(39)23-14-15-25-28(19-23)38-16-17-42-29-11-7-6-10-26(29)32(38)31(25)21-8-4-3-5-9-21/h6-7,10-15,18-19,21H,3-5,8-9,16-17,20H2,1-2H3,(H,37,39)(H,40,41). The van der Waals surface area contributed by atoms with Gasteiger partial charge in [0.15, 0.2) is 0 Å². The monoisotopic (exact) mass is 561 g/mol. The Labute approximate surface area is 245 Å². The molecule has 7 rings (SSSR count). The second kappa shape index (κ2) is 10.2. The van der Waals surface area contributed by atoms with Crippen molar-refractivity contribution in [2.75, 3.05) is 6.61 Å². The van der Waals surface area contributed by atoms with Crippen LogP contribution in [-0.2, 0) is 13.0 Å². The first-order valence-corrected chi connectivity index (χ1v) is 15.0. The topological polar surface area (TPSA) is 92.9 Å². The second-order valence-corrected chi connectivity index (χ2v) is 12.3. The number of fused-ring (bicyclic) bond motifs is 6. The lowest BCUT2D eigenvalue weighted by Gasteiger charge is -2.26. The number of para-hydroxylation sites is 1. The zero-order valence-corrected chi connectivity index (χ0v) is 24.1. The molecule has 3 aliphatic rings. The maximum Gasteiger partial charge on any atom is 0.335 e. The van der Waals surface area contributed by atoms with Crippen molar-refractivity contribution in [2.24, 2.45) is 4.99 Å². The molecule has 7 heteroatoms. The minimum atomic E-state index is -0.977. The highest BCUT2D eigenvalue weighted by Gasteiger charge is 2.33. The van der Waals surface area contributed by atoms with Crippen LogP contribution in [-0.4, -0.2) is 39.4 Å². The first-order valence-electron chi connectivity index (χ1n) is 15.0. The van der Waals surface area contributed by atoms with Crippen LogP contribution in [0.4, 0.5) is 5.69 Å². The maximum atomic E-state index is 13.7. The smallest absolute Gasteiger partial charge is 0.335 e. The van der Waals surface area contributed by atoms with Gasteiger partial charge in [0, 0.05) is 34.2 Å². The van der Waals surface area contributed by atoms with Crippen molar-refractivity contribution in [1.82, 2.24) is 9.88 Å². The molecule has 1 saturated carbocycles. The summed E-state index contributed by atoms with van der Waals surface area (Å²) in [6.45, 7) is 5.19. The molecule has 42 heavy (non-hydrogen) atoms. The lowest BCUT2D eigenvalue weighted by Crippen LogP contribution is -2.49. The molecule has 0 saturated heterocycles. The number of aromatic carboxylic acids is 1. The van der Waals surface area contributed by atoms with Crippen molar-refractivity contribution in [2.45, 2.75) is 70.4 Å². The Bertz CT molecular complexity index is 1770. The molecule has 0 bridgehead atoms. The van der Waals surface area contributed by atoms with Crippen molar-refractivity contribution < 1.29 is 19.4 Å². The van der Waals surface area contributed by atoms with E-state index in [1.807, 2.05) is 38.1 Å². The number of nitrogens with one attached hydrogen (secondary N) is 1. The summed E-state index contributed by atoms with van der Waals surface area (Å²) in [4.78, 5) is 29.9. The fraction of sp³-hybridized carbons (Fsp3) is 0.343. The van der Waals surface area contributed by atoms with E-state index in [-0.39, 0.29) is 11.5 Å². The Morgan fingerprint density at radius 1 is 1.00 bits per heavy atom. The lowest BCUT2D eigenvalue weighted by molar-refractivity contribution is 0.0696. The predicted molar refractivity (Wildman–Crippen MR) is 164 cm³/mol. The Morgan fingerprint density at radius 2 is 1.79 bits per heavy atom. The van der Waals surface area contributed by atoms with Gasteiger partial charge in [0.1, 0.15) is 12.4 Å². The van der Waals surface area contributed by atoms with E-state index in [9.17, 15) is 14.7 Å². The lowest BCUT2D eigenvalue weighted by atomic mass is 9.81. The van der Waals surface area contributed by atoms with E-state index < -0.39 is 11.5 Å². The Balaban J connectivity index is 1.25. The number of hydrogen-bond acceptors (Lipinski definition) is 4. The molecule has 214 valence electrons. The maximum absolute atomic E-state index is 13.7. The van der Waals surface area contributed by atoms with E-state index in [1.54, 1.807) is 12.1 Å². The number of carboxylic acid groups (broad SMARTS) is 1. The highest BCUT2D eigenvalue weighted by atomic mass is 16.5. The van der Waals surface area contributed by atoms with E-state index in [1.165, 1.54) is 48.7 Å². The molecule has 1 amide bonds. The Morgan fingerprint density at radius 3 is 2.60 bits per heavy atom. The van der Waals surface area contributed by atoms with Crippen LogP contribution in [0.5, 0.6) is 5.75 Å². The summed E-state index contributed by atoms with van der Waals surface area (Å²) in [5.74, 6) is 0.275. The van der Waals surface area contributed by atoms with Gasteiger partial charge in [-0.25, -0.2) is 4.79 Å². The third-order valence-corrected chi connectivity index (χ3v) is 9.19. The van der Waals surface area contributed by atoms with Gasteiger partial charge in [-0.15, -0.1) is 0 Å². The van der Waals surface area contributed by atoms with Crippen LogP contribution >= 0.6 is 0 Å². The van der Waals surface area contributed by atoms with Crippen LogP contribution in [0.3, 0.4) is 0 Å². The third-order valence-electron chi connectivity index (χ3n) is 9.19. The SMILES string of the molecule is CC(C)(NC(=O)c1ccc2c(C3CCCCC3)c3n(c2c1)CCOc1ccccc1-3)C1=Nc2cc(C(=O)O)ccc2C1.